The number of aromatic nitrogens is 2. The predicted molar refractivity (Wildman–Crippen MR) is 77.3 cm³/mol. The van der Waals surface area contributed by atoms with Gasteiger partial charge in [0.2, 0.25) is 0 Å². The van der Waals surface area contributed by atoms with Gasteiger partial charge in [-0.2, -0.15) is 5.10 Å². The molecule has 1 N–H and O–H groups in total. The number of benzene rings is 1. The molecule has 5 nitrogen and oxygen atoms in total. The van der Waals surface area contributed by atoms with Gasteiger partial charge in [0.1, 0.15) is 5.82 Å². The quantitative estimate of drug-likeness (QED) is 0.878. The maximum absolute atomic E-state index is 12.9. The van der Waals surface area contributed by atoms with Gasteiger partial charge in [0.25, 0.3) is 0 Å². The largest absolute Gasteiger partial charge is 0.396 e. The van der Waals surface area contributed by atoms with Crippen LogP contribution in [0.25, 0.3) is 5.69 Å². The minimum absolute atomic E-state index is 0.0765. The maximum atomic E-state index is 12.9. The number of rotatable bonds is 6. The molecule has 0 fully saturated rings. The number of nitrogens with zero attached hydrogens (tertiary/aromatic N) is 2. The normalized spacial score (nSPS) is 13.3. The number of hydrogen-bond donors (Lipinski definition) is 1. The summed E-state index contributed by atoms with van der Waals surface area (Å²) >= 11 is 0. The summed E-state index contributed by atoms with van der Waals surface area (Å²) in [4.78, 5) is 0. The third kappa shape index (κ3) is 4.37. The van der Waals surface area contributed by atoms with Gasteiger partial charge in [-0.25, -0.2) is 17.5 Å². The van der Waals surface area contributed by atoms with Crippen molar-refractivity contribution in [3.63, 3.8) is 0 Å². The lowest BCUT2D eigenvalue weighted by molar-refractivity contribution is 0.249. The molecule has 2 aromatic rings. The third-order valence-corrected chi connectivity index (χ3v) is 4.77. The SMILES string of the molecule is CC(CO)CS(=O)(=O)Cc1ccn(-c2ccc(F)cc2)n1. The van der Waals surface area contributed by atoms with E-state index < -0.39 is 9.84 Å². The van der Waals surface area contributed by atoms with Crippen molar-refractivity contribution in [1.82, 2.24) is 9.78 Å². The number of aliphatic hydroxyl groups excluding tert-OH is 1. The maximum Gasteiger partial charge on any atom is 0.156 e. The molecule has 7 heteroatoms. The van der Waals surface area contributed by atoms with Crippen LogP contribution in [0.3, 0.4) is 0 Å². The minimum Gasteiger partial charge on any atom is -0.396 e. The Morgan fingerprint density at radius 2 is 1.95 bits per heavy atom. The van der Waals surface area contributed by atoms with E-state index in [1.165, 1.54) is 16.8 Å². The van der Waals surface area contributed by atoms with Crippen LogP contribution in [0.4, 0.5) is 4.39 Å². The fourth-order valence-electron chi connectivity index (χ4n) is 1.95. The molecule has 1 heterocycles. The molecule has 1 atom stereocenters. The Morgan fingerprint density at radius 1 is 1.29 bits per heavy atom. The monoisotopic (exact) mass is 312 g/mol. The number of halogens is 1. The second-order valence-electron chi connectivity index (χ2n) is 5.07. The molecule has 0 bridgehead atoms. The zero-order valence-corrected chi connectivity index (χ0v) is 12.4. The third-order valence-electron chi connectivity index (χ3n) is 2.95. The smallest absolute Gasteiger partial charge is 0.156 e. The molecule has 0 saturated carbocycles. The van der Waals surface area contributed by atoms with Crippen LogP contribution >= 0.6 is 0 Å². The average molecular weight is 312 g/mol. The highest BCUT2D eigenvalue weighted by Gasteiger charge is 2.17. The van der Waals surface area contributed by atoms with Gasteiger partial charge in [-0.1, -0.05) is 6.92 Å². The van der Waals surface area contributed by atoms with Crippen molar-refractivity contribution < 1.29 is 17.9 Å². The van der Waals surface area contributed by atoms with Crippen LogP contribution in [0.1, 0.15) is 12.6 Å². The molecule has 21 heavy (non-hydrogen) atoms. The van der Waals surface area contributed by atoms with Gasteiger partial charge in [0.15, 0.2) is 9.84 Å². The Balaban J connectivity index is 2.11. The molecule has 0 radical (unpaired) electrons. The van der Waals surface area contributed by atoms with Crippen LogP contribution in [0.5, 0.6) is 0 Å². The number of hydrogen-bond acceptors (Lipinski definition) is 4. The van der Waals surface area contributed by atoms with Crippen LogP contribution in [0.2, 0.25) is 0 Å². The van der Waals surface area contributed by atoms with Crippen molar-refractivity contribution in [2.75, 3.05) is 12.4 Å². The van der Waals surface area contributed by atoms with Crippen molar-refractivity contribution in [2.24, 2.45) is 5.92 Å². The van der Waals surface area contributed by atoms with Gasteiger partial charge in [-0.15, -0.1) is 0 Å². The molecule has 0 saturated heterocycles. The topological polar surface area (TPSA) is 72.2 Å². The van der Waals surface area contributed by atoms with Gasteiger partial charge < -0.3 is 5.11 Å². The van der Waals surface area contributed by atoms with Crippen molar-refractivity contribution >= 4 is 9.84 Å². The number of aliphatic hydroxyl groups is 1. The molecule has 114 valence electrons. The first-order valence-corrected chi connectivity index (χ1v) is 8.33. The highest BCUT2D eigenvalue weighted by molar-refractivity contribution is 7.90. The van der Waals surface area contributed by atoms with Crippen LogP contribution in [-0.4, -0.2) is 35.7 Å². The predicted octanol–water partition coefficient (Wildman–Crippen LogP) is 1.55. The molecule has 1 aromatic heterocycles. The van der Waals surface area contributed by atoms with E-state index in [0.29, 0.717) is 11.4 Å². The van der Waals surface area contributed by atoms with E-state index in [1.54, 1.807) is 31.3 Å². The molecule has 0 aliphatic carbocycles. The summed E-state index contributed by atoms with van der Waals surface area (Å²) in [5.41, 5.74) is 1.08. The number of sulfone groups is 1. The lowest BCUT2D eigenvalue weighted by Gasteiger charge is -2.07. The molecule has 2 rings (SSSR count). The van der Waals surface area contributed by atoms with Gasteiger partial charge in [-0.3, -0.25) is 0 Å². The molecule has 0 aliphatic heterocycles. The highest BCUT2D eigenvalue weighted by Crippen LogP contribution is 2.12. The first-order valence-electron chi connectivity index (χ1n) is 6.51. The zero-order valence-electron chi connectivity index (χ0n) is 11.6. The lowest BCUT2D eigenvalue weighted by atomic mass is 10.2. The zero-order chi connectivity index (χ0) is 15.5. The standard InChI is InChI=1S/C14H17FN2O3S/c1-11(8-18)9-21(19,20)10-13-6-7-17(16-13)14-4-2-12(15)3-5-14/h2-7,11,18H,8-10H2,1H3. The summed E-state index contributed by atoms with van der Waals surface area (Å²) in [7, 11) is -3.32. The first kappa shape index (κ1) is 15.7. The Labute approximate surface area is 123 Å². The second kappa shape index (κ2) is 6.36. The molecular formula is C14H17FN2O3S. The van der Waals surface area contributed by atoms with Crippen LogP contribution in [-0.2, 0) is 15.6 Å². The van der Waals surface area contributed by atoms with Crippen molar-refractivity contribution in [1.29, 1.82) is 0 Å². The Hall–Kier alpha value is -1.73. The van der Waals surface area contributed by atoms with Gasteiger partial charge >= 0.3 is 0 Å². The van der Waals surface area contributed by atoms with E-state index in [2.05, 4.69) is 5.10 Å². The average Bonchev–Trinajstić information content (AvgIpc) is 2.86. The molecule has 1 aromatic carbocycles. The summed E-state index contributed by atoms with van der Waals surface area (Å²) in [6.45, 7) is 1.51. The molecular weight excluding hydrogens is 295 g/mol. The van der Waals surface area contributed by atoms with E-state index in [-0.39, 0.29) is 29.8 Å². The fourth-order valence-corrected chi connectivity index (χ4v) is 3.64. The van der Waals surface area contributed by atoms with Crippen LogP contribution < -0.4 is 0 Å². The highest BCUT2D eigenvalue weighted by atomic mass is 32.2. The summed E-state index contributed by atoms with van der Waals surface area (Å²) in [5.74, 6) is -0.890. The van der Waals surface area contributed by atoms with Gasteiger partial charge in [0, 0.05) is 12.8 Å². The molecule has 0 amide bonds. The summed E-state index contributed by atoms with van der Waals surface area (Å²) < 4.78 is 38.3. The van der Waals surface area contributed by atoms with Crippen LogP contribution in [0.15, 0.2) is 36.5 Å². The first-order chi connectivity index (χ1) is 9.89. The second-order valence-corrected chi connectivity index (χ2v) is 7.18. The van der Waals surface area contributed by atoms with E-state index in [9.17, 15) is 12.8 Å². The Morgan fingerprint density at radius 3 is 2.57 bits per heavy atom. The minimum atomic E-state index is -3.32. The molecule has 0 aliphatic rings. The van der Waals surface area contributed by atoms with Crippen molar-refractivity contribution in [2.45, 2.75) is 12.7 Å². The summed E-state index contributed by atoms with van der Waals surface area (Å²) in [6.07, 6.45) is 1.63. The van der Waals surface area contributed by atoms with Gasteiger partial charge in [-0.05, 0) is 36.2 Å². The van der Waals surface area contributed by atoms with E-state index in [1.807, 2.05) is 0 Å². The van der Waals surface area contributed by atoms with E-state index >= 15 is 0 Å². The van der Waals surface area contributed by atoms with Crippen molar-refractivity contribution in [3.05, 3.63) is 48.0 Å². The molecule has 1 unspecified atom stereocenters. The molecule has 0 spiro atoms. The van der Waals surface area contributed by atoms with Crippen molar-refractivity contribution in [3.8, 4) is 5.69 Å². The van der Waals surface area contributed by atoms with E-state index in [4.69, 9.17) is 5.11 Å². The Kier molecular flexibility index (Phi) is 4.74. The lowest BCUT2D eigenvalue weighted by Crippen LogP contribution is -2.18. The fraction of sp³-hybridized carbons (Fsp3) is 0.357. The Bertz CT molecular complexity index is 695. The van der Waals surface area contributed by atoms with Gasteiger partial charge in [0.05, 0.1) is 22.9 Å². The van der Waals surface area contributed by atoms with Crippen LogP contribution in [0, 0.1) is 11.7 Å². The van der Waals surface area contributed by atoms with E-state index in [0.717, 1.165) is 0 Å². The summed E-state index contributed by atoms with van der Waals surface area (Å²) in [5, 5.41) is 13.1. The summed E-state index contributed by atoms with van der Waals surface area (Å²) in [6, 6.07) is 7.38.